The van der Waals surface area contributed by atoms with Crippen LogP contribution in [0, 0.1) is 5.92 Å². The summed E-state index contributed by atoms with van der Waals surface area (Å²) in [6.45, 7) is 4.10. The Morgan fingerprint density at radius 2 is 1.50 bits per heavy atom. The van der Waals surface area contributed by atoms with Gasteiger partial charge in [0.1, 0.15) is 5.75 Å². The van der Waals surface area contributed by atoms with Crippen molar-refractivity contribution in [2.24, 2.45) is 11.7 Å². The Morgan fingerprint density at radius 1 is 0.950 bits per heavy atom. The third-order valence-corrected chi connectivity index (χ3v) is 4.29. The fraction of sp³-hybridized carbons (Fsp3) is 0.667. The van der Waals surface area contributed by atoms with Gasteiger partial charge in [0.2, 0.25) is 0 Å². The van der Waals surface area contributed by atoms with Crippen LogP contribution in [0.5, 0.6) is 5.75 Å². The van der Waals surface area contributed by atoms with E-state index < -0.39 is 0 Å². The van der Waals surface area contributed by atoms with Crippen LogP contribution in [0.15, 0.2) is 24.3 Å². The first-order valence-corrected chi connectivity index (χ1v) is 8.19. The molecule has 1 aliphatic carbocycles. The zero-order valence-electron chi connectivity index (χ0n) is 13.0. The number of hydrogen-bond donors (Lipinski definition) is 1. The maximum absolute atomic E-state index is 6.50. The number of ether oxygens (including phenoxy) is 1. The zero-order valence-corrected chi connectivity index (χ0v) is 13.0. The van der Waals surface area contributed by atoms with Gasteiger partial charge in [0.15, 0.2) is 0 Å². The molecule has 0 amide bonds. The Morgan fingerprint density at radius 3 is 2.05 bits per heavy atom. The predicted molar refractivity (Wildman–Crippen MR) is 84.9 cm³/mol. The van der Waals surface area contributed by atoms with E-state index in [1.807, 2.05) is 13.8 Å². The minimum absolute atomic E-state index is 0.182. The molecule has 2 N–H and O–H groups in total. The number of hydrogen-bond acceptors (Lipinski definition) is 2. The Kier molecular flexibility index (Phi) is 5.90. The first kappa shape index (κ1) is 15.4. The van der Waals surface area contributed by atoms with E-state index in [1.54, 1.807) is 0 Å². The van der Waals surface area contributed by atoms with Gasteiger partial charge < -0.3 is 10.5 Å². The molecular formula is C18H29NO. The lowest BCUT2D eigenvalue weighted by atomic mass is 9.83. The highest BCUT2D eigenvalue weighted by atomic mass is 16.5. The molecule has 0 radical (unpaired) electrons. The molecule has 112 valence electrons. The molecule has 1 atom stereocenters. The summed E-state index contributed by atoms with van der Waals surface area (Å²) in [6.07, 6.45) is 9.63. The normalized spacial score (nSPS) is 19.4. The molecule has 1 fully saturated rings. The van der Waals surface area contributed by atoms with Gasteiger partial charge in [-0.2, -0.15) is 0 Å². The maximum Gasteiger partial charge on any atom is 0.119 e. The van der Waals surface area contributed by atoms with E-state index in [2.05, 4.69) is 24.3 Å². The van der Waals surface area contributed by atoms with Crippen LogP contribution in [0.2, 0.25) is 0 Å². The Bertz CT molecular complexity index is 377. The van der Waals surface area contributed by atoms with Crippen LogP contribution >= 0.6 is 0 Å². The molecule has 2 heteroatoms. The second kappa shape index (κ2) is 7.68. The SMILES string of the molecule is CC(C)Oc1ccc(C(N)C2CCCCCCC2)cc1. The molecule has 2 nitrogen and oxygen atoms in total. The summed E-state index contributed by atoms with van der Waals surface area (Å²) < 4.78 is 5.69. The second-order valence-electron chi connectivity index (χ2n) is 6.37. The minimum Gasteiger partial charge on any atom is -0.491 e. The highest BCUT2D eigenvalue weighted by molar-refractivity contribution is 5.29. The summed E-state index contributed by atoms with van der Waals surface area (Å²) in [5.41, 5.74) is 7.76. The van der Waals surface area contributed by atoms with E-state index in [0.29, 0.717) is 5.92 Å². The van der Waals surface area contributed by atoms with Gasteiger partial charge in [0.05, 0.1) is 6.10 Å². The van der Waals surface area contributed by atoms with Crippen LogP contribution in [0.1, 0.15) is 70.4 Å². The lowest BCUT2D eigenvalue weighted by molar-refractivity contribution is 0.242. The van der Waals surface area contributed by atoms with E-state index in [4.69, 9.17) is 10.5 Å². The number of rotatable bonds is 4. The molecule has 0 aliphatic heterocycles. The average Bonchev–Trinajstić information content (AvgIpc) is 2.38. The summed E-state index contributed by atoms with van der Waals surface area (Å²) in [6, 6.07) is 8.57. The van der Waals surface area contributed by atoms with Crippen molar-refractivity contribution in [2.45, 2.75) is 70.9 Å². The maximum atomic E-state index is 6.50. The predicted octanol–water partition coefficient (Wildman–Crippen LogP) is 4.83. The van der Waals surface area contributed by atoms with Gasteiger partial charge >= 0.3 is 0 Å². The van der Waals surface area contributed by atoms with Crippen LogP contribution in [0.25, 0.3) is 0 Å². The van der Waals surface area contributed by atoms with Crippen LogP contribution in [-0.2, 0) is 0 Å². The highest BCUT2D eigenvalue weighted by Crippen LogP contribution is 2.32. The molecule has 1 unspecified atom stereocenters. The van der Waals surface area contributed by atoms with Crippen LogP contribution in [0.3, 0.4) is 0 Å². The smallest absolute Gasteiger partial charge is 0.119 e. The van der Waals surface area contributed by atoms with Crippen molar-refractivity contribution in [3.05, 3.63) is 29.8 Å². The molecule has 1 aliphatic rings. The first-order chi connectivity index (χ1) is 9.66. The minimum atomic E-state index is 0.182. The highest BCUT2D eigenvalue weighted by Gasteiger charge is 2.20. The fourth-order valence-corrected chi connectivity index (χ4v) is 3.16. The molecule has 1 aromatic carbocycles. The summed E-state index contributed by atoms with van der Waals surface area (Å²) in [4.78, 5) is 0. The molecule has 2 rings (SSSR count). The van der Waals surface area contributed by atoms with Crippen molar-refractivity contribution >= 4 is 0 Å². The van der Waals surface area contributed by atoms with Gasteiger partial charge in [-0.15, -0.1) is 0 Å². The van der Waals surface area contributed by atoms with Gasteiger partial charge in [-0.1, -0.05) is 44.2 Å². The summed E-state index contributed by atoms with van der Waals surface area (Å²) in [5.74, 6) is 1.58. The van der Waals surface area contributed by atoms with E-state index in [9.17, 15) is 0 Å². The van der Waals surface area contributed by atoms with Crippen molar-refractivity contribution in [1.82, 2.24) is 0 Å². The summed E-state index contributed by atoms with van der Waals surface area (Å²) in [5, 5.41) is 0. The van der Waals surface area contributed by atoms with Crippen molar-refractivity contribution in [3.63, 3.8) is 0 Å². The fourth-order valence-electron chi connectivity index (χ4n) is 3.16. The van der Waals surface area contributed by atoms with Crippen molar-refractivity contribution in [1.29, 1.82) is 0 Å². The standard InChI is InChI=1S/C18H29NO/c1-14(2)20-17-12-10-16(11-13-17)18(19)15-8-6-4-3-5-7-9-15/h10-15,18H,3-9,19H2,1-2H3. The molecule has 0 aromatic heterocycles. The lowest BCUT2D eigenvalue weighted by Gasteiger charge is -2.26. The van der Waals surface area contributed by atoms with Crippen molar-refractivity contribution in [2.75, 3.05) is 0 Å². The quantitative estimate of drug-likeness (QED) is 0.853. The van der Waals surface area contributed by atoms with Crippen LogP contribution < -0.4 is 10.5 Å². The van der Waals surface area contributed by atoms with Crippen LogP contribution in [-0.4, -0.2) is 6.10 Å². The van der Waals surface area contributed by atoms with Gasteiger partial charge in [0.25, 0.3) is 0 Å². The molecule has 20 heavy (non-hydrogen) atoms. The number of benzene rings is 1. The molecule has 0 saturated heterocycles. The van der Waals surface area contributed by atoms with E-state index in [-0.39, 0.29) is 12.1 Å². The third-order valence-electron chi connectivity index (χ3n) is 4.29. The third kappa shape index (κ3) is 4.52. The lowest BCUT2D eigenvalue weighted by Crippen LogP contribution is -2.22. The Hall–Kier alpha value is -1.02. The van der Waals surface area contributed by atoms with E-state index in [1.165, 1.54) is 50.5 Å². The van der Waals surface area contributed by atoms with Crippen LogP contribution in [0.4, 0.5) is 0 Å². The largest absolute Gasteiger partial charge is 0.491 e. The van der Waals surface area contributed by atoms with Crippen molar-refractivity contribution < 1.29 is 4.74 Å². The van der Waals surface area contributed by atoms with E-state index in [0.717, 1.165) is 5.75 Å². The monoisotopic (exact) mass is 275 g/mol. The molecule has 0 spiro atoms. The van der Waals surface area contributed by atoms with E-state index >= 15 is 0 Å². The molecule has 1 saturated carbocycles. The summed E-state index contributed by atoms with van der Waals surface area (Å²) in [7, 11) is 0. The zero-order chi connectivity index (χ0) is 14.4. The van der Waals surface area contributed by atoms with Gasteiger partial charge in [-0.05, 0) is 50.3 Å². The topological polar surface area (TPSA) is 35.2 Å². The van der Waals surface area contributed by atoms with Gasteiger partial charge in [-0.3, -0.25) is 0 Å². The molecule has 0 bridgehead atoms. The van der Waals surface area contributed by atoms with Gasteiger partial charge in [0, 0.05) is 6.04 Å². The second-order valence-corrected chi connectivity index (χ2v) is 6.37. The molecular weight excluding hydrogens is 246 g/mol. The molecule has 0 heterocycles. The summed E-state index contributed by atoms with van der Waals surface area (Å²) >= 11 is 0. The van der Waals surface area contributed by atoms with Crippen molar-refractivity contribution in [3.8, 4) is 5.75 Å². The molecule has 1 aromatic rings. The Balaban J connectivity index is 1.98. The average molecular weight is 275 g/mol. The first-order valence-electron chi connectivity index (χ1n) is 8.19. The van der Waals surface area contributed by atoms with Gasteiger partial charge in [-0.25, -0.2) is 0 Å². The number of nitrogens with two attached hydrogens (primary N) is 1. The Labute approximate surface area is 123 Å².